The van der Waals surface area contributed by atoms with Crippen molar-refractivity contribution in [3.63, 3.8) is 0 Å². The summed E-state index contributed by atoms with van der Waals surface area (Å²) in [5, 5.41) is 8.12. The fraction of sp³-hybridized carbons (Fsp3) is 0.500. The molecule has 0 aliphatic carbocycles. The molecule has 1 aliphatic rings. The van der Waals surface area contributed by atoms with Crippen LogP contribution in [0.5, 0.6) is 0 Å². The average molecular weight is 97.1 g/mol. The first-order chi connectivity index (χ1) is 3.43. The van der Waals surface area contributed by atoms with Gasteiger partial charge in [0.05, 0.1) is 6.07 Å². The average Bonchev–Trinajstić information content (AvgIpc) is 2.14. The van der Waals surface area contributed by atoms with Crippen molar-refractivity contribution < 1.29 is 4.84 Å². The molecule has 7 heavy (non-hydrogen) atoms. The molecular formula is C4H5N2O. The fourth-order valence-electron chi connectivity index (χ4n) is 0.420. The molecule has 37 valence electrons. The Hall–Kier alpha value is -0.590. The molecular weight excluding hydrogens is 92.1 g/mol. The van der Waals surface area contributed by atoms with Crippen LogP contribution in [0.3, 0.4) is 0 Å². The van der Waals surface area contributed by atoms with Crippen molar-refractivity contribution in [1.29, 1.82) is 5.26 Å². The van der Waals surface area contributed by atoms with E-state index in [1.54, 1.807) is 6.42 Å². The van der Waals surface area contributed by atoms with E-state index in [0.717, 1.165) is 0 Å². The first kappa shape index (κ1) is 4.57. The van der Waals surface area contributed by atoms with Gasteiger partial charge in [0, 0.05) is 13.0 Å². The van der Waals surface area contributed by atoms with Gasteiger partial charge in [-0.05, 0) is 0 Å². The van der Waals surface area contributed by atoms with Gasteiger partial charge in [-0.2, -0.15) is 5.26 Å². The summed E-state index contributed by atoms with van der Waals surface area (Å²) in [7, 11) is 0. The Morgan fingerprint density at radius 1 is 2.00 bits per heavy atom. The summed E-state index contributed by atoms with van der Waals surface area (Å²) >= 11 is 0. The maximum Gasteiger partial charge on any atom is 0.169 e. The lowest BCUT2D eigenvalue weighted by molar-refractivity contribution is 0.0703. The summed E-state index contributed by atoms with van der Waals surface area (Å²) in [5.74, 6) is 0. The van der Waals surface area contributed by atoms with E-state index in [2.05, 4.69) is 10.3 Å². The highest BCUT2D eigenvalue weighted by Crippen LogP contribution is 1.97. The summed E-state index contributed by atoms with van der Waals surface area (Å²) in [4.78, 5) is 4.64. The Balaban J connectivity index is 2.31. The van der Waals surface area contributed by atoms with E-state index in [1.807, 2.05) is 6.07 Å². The van der Waals surface area contributed by atoms with Crippen LogP contribution in [-0.2, 0) is 4.84 Å². The standard InChI is InChI=1S/C4H5N2O/c5-3-4-1-2-6-7-4/h1,4,6H,2H2. The Morgan fingerprint density at radius 2 is 2.86 bits per heavy atom. The van der Waals surface area contributed by atoms with Crippen LogP contribution in [-0.4, -0.2) is 12.6 Å². The van der Waals surface area contributed by atoms with E-state index in [-0.39, 0.29) is 6.10 Å². The van der Waals surface area contributed by atoms with Crippen molar-refractivity contribution in [1.82, 2.24) is 5.48 Å². The zero-order chi connectivity index (χ0) is 5.11. The summed E-state index contributed by atoms with van der Waals surface area (Å²) in [6.07, 6.45) is 1.43. The second kappa shape index (κ2) is 1.92. The smallest absolute Gasteiger partial charge is 0.169 e. The normalized spacial score (nSPS) is 29.9. The molecule has 0 amide bonds. The lowest BCUT2D eigenvalue weighted by Crippen LogP contribution is -2.06. The second-order valence-electron chi connectivity index (χ2n) is 1.25. The van der Waals surface area contributed by atoms with Gasteiger partial charge in [0.15, 0.2) is 6.10 Å². The highest BCUT2D eigenvalue weighted by atomic mass is 16.7. The van der Waals surface area contributed by atoms with Crippen molar-refractivity contribution in [3.05, 3.63) is 6.42 Å². The van der Waals surface area contributed by atoms with E-state index in [9.17, 15) is 0 Å². The summed E-state index contributed by atoms with van der Waals surface area (Å²) in [5.41, 5.74) is 2.55. The Bertz CT molecular complexity index is 90.4. The molecule has 3 nitrogen and oxygen atoms in total. The monoisotopic (exact) mass is 97.0 g/mol. The molecule has 1 rings (SSSR count). The maximum absolute atomic E-state index is 8.12. The quantitative estimate of drug-likeness (QED) is 0.448. The molecule has 1 heterocycles. The summed E-state index contributed by atoms with van der Waals surface area (Å²) < 4.78 is 0. The Labute approximate surface area is 41.8 Å². The van der Waals surface area contributed by atoms with Gasteiger partial charge >= 0.3 is 0 Å². The number of hydrogen-bond donors (Lipinski definition) is 1. The van der Waals surface area contributed by atoms with Crippen LogP contribution < -0.4 is 5.48 Å². The molecule has 1 unspecified atom stereocenters. The number of rotatable bonds is 0. The van der Waals surface area contributed by atoms with Gasteiger partial charge in [-0.1, -0.05) is 0 Å². The van der Waals surface area contributed by atoms with Gasteiger partial charge < -0.3 is 0 Å². The number of hydroxylamine groups is 1. The van der Waals surface area contributed by atoms with Gasteiger partial charge in [-0.3, -0.25) is 4.84 Å². The maximum atomic E-state index is 8.12. The van der Waals surface area contributed by atoms with E-state index >= 15 is 0 Å². The third-order valence-electron chi connectivity index (χ3n) is 0.753. The minimum absolute atomic E-state index is 0.333. The molecule has 0 aromatic carbocycles. The van der Waals surface area contributed by atoms with Gasteiger partial charge in [0.25, 0.3) is 0 Å². The SMILES string of the molecule is N#CC1[CH]CNO1. The number of nitrogens with zero attached hydrogens (tertiary/aromatic N) is 1. The molecule has 0 aromatic heterocycles. The fourth-order valence-corrected chi connectivity index (χ4v) is 0.420. The van der Waals surface area contributed by atoms with Gasteiger partial charge in [0.1, 0.15) is 0 Å². The molecule has 1 fully saturated rings. The van der Waals surface area contributed by atoms with E-state index in [4.69, 9.17) is 5.26 Å². The highest BCUT2D eigenvalue weighted by Gasteiger charge is 2.13. The van der Waals surface area contributed by atoms with Gasteiger partial charge in [0.2, 0.25) is 0 Å². The number of nitriles is 1. The summed E-state index contributed by atoms with van der Waals surface area (Å²) in [6, 6.07) is 1.92. The highest BCUT2D eigenvalue weighted by molar-refractivity contribution is 4.98. The first-order valence-electron chi connectivity index (χ1n) is 2.05. The third-order valence-corrected chi connectivity index (χ3v) is 0.753. The van der Waals surface area contributed by atoms with Crippen molar-refractivity contribution in [2.45, 2.75) is 6.10 Å². The molecule has 1 N–H and O–H groups in total. The third kappa shape index (κ3) is 0.889. The Morgan fingerprint density at radius 3 is 3.14 bits per heavy atom. The number of nitrogens with one attached hydrogen (secondary N) is 1. The first-order valence-corrected chi connectivity index (χ1v) is 2.05. The molecule has 1 aliphatic heterocycles. The zero-order valence-electron chi connectivity index (χ0n) is 3.72. The zero-order valence-corrected chi connectivity index (χ0v) is 3.72. The van der Waals surface area contributed by atoms with Gasteiger partial charge in [-0.25, -0.2) is 5.48 Å². The van der Waals surface area contributed by atoms with Crippen LogP contribution in [0.4, 0.5) is 0 Å². The molecule has 0 spiro atoms. The minimum Gasteiger partial charge on any atom is -0.283 e. The summed E-state index contributed by atoms with van der Waals surface area (Å²) in [6.45, 7) is 0.679. The largest absolute Gasteiger partial charge is 0.283 e. The number of hydrogen-bond acceptors (Lipinski definition) is 3. The van der Waals surface area contributed by atoms with E-state index in [1.165, 1.54) is 0 Å². The Kier molecular flexibility index (Phi) is 1.25. The van der Waals surface area contributed by atoms with Crippen LogP contribution in [0.2, 0.25) is 0 Å². The molecule has 1 radical (unpaired) electrons. The molecule has 0 aromatic rings. The predicted molar refractivity (Wildman–Crippen MR) is 22.8 cm³/mol. The van der Waals surface area contributed by atoms with E-state index in [0.29, 0.717) is 6.54 Å². The molecule has 1 atom stereocenters. The predicted octanol–water partition coefficient (Wildman–Crippen LogP) is -0.382. The molecule has 1 saturated heterocycles. The molecule has 0 bridgehead atoms. The van der Waals surface area contributed by atoms with Crippen LogP contribution in [0, 0.1) is 17.8 Å². The van der Waals surface area contributed by atoms with Crippen molar-refractivity contribution in [2.24, 2.45) is 0 Å². The minimum atomic E-state index is -0.333. The topological polar surface area (TPSA) is 45.0 Å². The van der Waals surface area contributed by atoms with Crippen molar-refractivity contribution in [3.8, 4) is 6.07 Å². The van der Waals surface area contributed by atoms with Crippen molar-refractivity contribution >= 4 is 0 Å². The second-order valence-corrected chi connectivity index (χ2v) is 1.25. The molecule has 0 saturated carbocycles. The van der Waals surface area contributed by atoms with Crippen molar-refractivity contribution in [2.75, 3.05) is 6.54 Å². The van der Waals surface area contributed by atoms with Crippen LogP contribution in [0.1, 0.15) is 0 Å². The lowest BCUT2D eigenvalue weighted by atomic mass is 10.3. The van der Waals surface area contributed by atoms with Crippen LogP contribution in [0.15, 0.2) is 0 Å². The lowest BCUT2D eigenvalue weighted by Gasteiger charge is -1.89. The molecule has 3 heteroatoms. The van der Waals surface area contributed by atoms with Crippen LogP contribution >= 0.6 is 0 Å². The van der Waals surface area contributed by atoms with Gasteiger partial charge in [-0.15, -0.1) is 0 Å². The van der Waals surface area contributed by atoms with Crippen LogP contribution in [0.25, 0.3) is 0 Å². The van der Waals surface area contributed by atoms with E-state index < -0.39 is 0 Å².